The van der Waals surface area contributed by atoms with Crippen LogP contribution in [0, 0.1) is 19.8 Å². The number of aryl methyl sites for hydroxylation is 1. The van der Waals surface area contributed by atoms with Gasteiger partial charge in [-0.1, -0.05) is 27.7 Å². The number of carbonyl (C=O) groups is 3. The fourth-order valence-corrected chi connectivity index (χ4v) is 3.59. The first-order chi connectivity index (χ1) is 12.2. The van der Waals surface area contributed by atoms with Crippen molar-refractivity contribution >= 4 is 17.7 Å². The molecule has 0 unspecified atom stereocenters. The Morgan fingerprint density at radius 1 is 1.19 bits per heavy atom. The highest BCUT2D eigenvalue weighted by atomic mass is 16.2. The van der Waals surface area contributed by atoms with Gasteiger partial charge in [0.25, 0.3) is 5.91 Å². The van der Waals surface area contributed by atoms with E-state index in [1.54, 1.807) is 0 Å². The number of urea groups is 1. The average Bonchev–Trinajstić information content (AvgIpc) is 3.01. The zero-order chi connectivity index (χ0) is 19.6. The topological polar surface area (TPSA) is 71.4 Å². The van der Waals surface area contributed by atoms with Crippen molar-refractivity contribution in [3.05, 3.63) is 23.0 Å². The summed E-state index contributed by atoms with van der Waals surface area (Å²) >= 11 is 0. The predicted octanol–water partition coefficient (Wildman–Crippen LogP) is 3.44. The number of hydrogen-bond donors (Lipinski definition) is 1. The minimum absolute atomic E-state index is 0.194. The van der Waals surface area contributed by atoms with Crippen LogP contribution in [0.5, 0.6) is 0 Å². The van der Waals surface area contributed by atoms with Crippen LogP contribution in [0.4, 0.5) is 4.79 Å². The Hall–Kier alpha value is -2.11. The molecular weight excluding hydrogens is 330 g/mol. The molecular formula is C20H31N3O3. The fourth-order valence-electron chi connectivity index (χ4n) is 3.59. The summed E-state index contributed by atoms with van der Waals surface area (Å²) in [5, 5.41) is 2.77. The third kappa shape index (κ3) is 3.55. The molecule has 1 aliphatic heterocycles. The summed E-state index contributed by atoms with van der Waals surface area (Å²) in [4.78, 5) is 38.8. The summed E-state index contributed by atoms with van der Waals surface area (Å²) in [6, 6.07) is 1.39. The Labute approximate surface area is 155 Å². The molecule has 1 aliphatic rings. The van der Waals surface area contributed by atoms with Crippen molar-refractivity contribution in [2.24, 2.45) is 5.92 Å². The van der Waals surface area contributed by atoms with Crippen LogP contribution < -0.4 is 5.32 Å². The summed E-state index contributed by atoms with van der Waals surface area (Å²) in [6.45, 7) is 12.6. The SMILES string of the molecule is CCC1(CC)NC(=O)N(CC(=O)c2cc(C)n(CCC(C)C)c2C)C1=O. The lowest BCUT2D eigenvalue weighted by molar-refractivity contribution is -0.131. The smallest absolute Gasteiger partial charge is 0.325 e. The van der Waals surface area contributed by atoms with Gasteiger partial charge in [0.05, 0.1) is 6.54 Å². The first-order valence-electron chi connectivity index (χ1n) is 9.50. The van der Waals surface area contributed by atoms with Gasteiger partial charge in [0.15, 0.2) is 5.78 Å². The molecule has 1 saturated heterocycles. The van der Waals surface area contributed by atoms with Gasteiger partial charge in [0.2, 0.25) is 0 Å². The Kier molecular flexibility index (Phi) is 5.94. The number of aromatic nitrogens is 1. The van der Waals surface area contributed by atoms with Crippen LogP contribution >= 0.6 is 0 Å². The molecule has 6 nitrogen and oxygen atoms in total. The van der Waals surface area contributed by atoms with Crippen molar-refractivity contribution in [3.63, 3.8) is 0 Å². The van der Waals surface area contributed by atoms with Crippen molar-refractivity contribution in [3.8, 4) is 0 Å². The molecule has 1 fully saturated rings. The van der Waals surface area contributed by atoms with E-state index < -0.39 is 11.6 Å². The standard InChI is InChI=1S/C20H31N3O3/c1-7-20(8-2)18(25)23(19(26)21-20)12-17(24)16-11-14(5)22(15(16)6)10-9-13(3)4/h11,13H,7-10,12H2,1-6H3,(H,21,26). The first-order valence-corrected chi connectivity index (χ1v) is 9.50. The molecule has 0 saturated carbocycles. The lowest BCUT2D eigenvalue weighted by Gasteiger charge is -2.22. The van der Waals surface area contributed by atoms with E-state index in [-0.39, 0.29) is 18.2 Å². The third-order valence-corrected chi connectivity index (χ3v) is 5.56. The van der Waals surface area contributed by atoms with E-state index in [1.807, 2.05) is 33.8 Å². The van der Waals surface area contributed by atoms with E-state index in [2.05, 4.69) is 23.7 Å². The highest BCUT2D eigenvalue weighted by Crippen LogP contribution is 2.26. The van der Waals surface area contributed by atoms with Crippen LogP contribution in [0.25, 0.3) is 0 Å². The van der Waals surface area contributed by atoms with Crippen LogP contribution in [-0.2, 0) is 11.3 Å². The first kappa shape index (κ1) is 20.2. The van der Waals surface area contributed by atoms with Gasteiger partial charge >= 0.3 is 6.03 Å². The second-order valence-corrected chi connectivity index (χ2v) is 7.65. The number of amides is 3. The second kappa shape index (κ2) is 7.64. The van der Waals surface area contributed by atoms with Gasteiger partial charge < -0.3 is 9.88 Å². The molecule has 0 bridgehead atoms. The molecule has 2 heterocycles. The summed E-state index contributed by atoms with van der Waals surface area (Å²) < 4.78 is 2.14. The van der Waals surface area contributed by atoms with Gasteiger partial charge in [0.1, 0.15) is 5.54 Å². The van der Waals surface area contributed by atoms with Gasteiger partial charge in [-0.2, -0.15) is 0 Å². The van der Waals surface area contributed by atoms with E-state index in [9.17, 15) is 14.4 Å². The Morgan fingerprint density at radius 3 is 2.31 bits per heavy atom. The molecule has 0 radical (unpaired) electrons. The maximum absolute atomic E-state index is 12.8. The van der Waals surface area contributed by atoms with Crippen LogP contribution in [0.2, 0.25) is 0 Å². The Morgan fingerprint density at radius 2 is 1.81 bits per heavy atom. The van der Waals surface area contributed by atoms with E-state index in [4.69, 9.17) is 0 Å². The molecule has 1 aromatic rings. The summed E-state index contributed by atoms with van der Waals surface area (Å²) in [6.07, 6.45) is 2.07. The third-order valence-electron chi connectivity index (χ3n) is 5.56. The zero-order valence-electron chi connectivity index (χ0n) is 16.8. The lowest BCUT2D eigenvalue weighted by atomic mass is 9.93. The van der Waals surface area contributed by atoms with Crippen LogP contribution in [0.1, 0.15) is 68.7 Å². The molecule has 0 aliphatic carbocycles. The van der Waals surface area contributed by atoms with Gasteiger partial charge in [-0.15, -0.1) is 0 Å². The van der Waals surface area contributed by atoms with Crippen molar-refractivity contribution in [1.29, 1.82) is 0 Å². The largest absolute Gasteiger partial charge is 0.348 e. The fraction of sp³-hybridized carbons (Fsp3) is 0.650. The minimum atomic E-state index is -0.870. The predicted molar refractivity (Wildman–Crippen MR) is 101 cm³/mol. The monoisotopic (exact) mass is 361 g/mol. The maximum atomic E-state index is 12.8. The number of Topliss-reactive ketones (excluding diaryl/α,β-unsaturated/α-hetero) is 1. The Bertz CT molecular complexity index is 714. The molecule has 1 aromatic heterocycles. The summed E-state index contributed by atoms with van der Waals surface area (Å²) in [5.74, 6) is 0.0901. The summed E-state index contributed by atoms with van der Waals surface area (Å²) in [5.41, 5.74) is 1.65. The van der Waals surface area contributed by atoms with Crippen molar-refractivity contribution < 1.29 is 14.4 Å². The number of carbonyl (C=O) groups excluding carboxylic acids is 3. The highest BCUT2D eigenvalue weighted by Gasteiger charge is 2.49. The van der Waals surface area contributed by atoms with Gasteiger partial charge in [0, 0.05) is 23.5 Å². The van der Waals surface area contributed by atoms with Gasteiger partial charge in [-0.05, 0) is 45.1 Å². The van der Waals surface area contributed by atoms with E-state index >= 15 is 0 Å². The molecule has 0 spiro atoms. The zero-order valence-corrected chi connectivity index (χ0v) is 16.8. The molecule has 1 N–H and O–H groups in total. The van der Waals surface area contributed by atoms with Crippen LogP contribution in [0.3, 0.4) is 0 Å². The molecule has 26 heavy (non-hydrogen) atoms. The van der Waals surface area contributed by atoms with Gasteiger partial charge in [-0.3, -0.25) is 14.5 Å². The van der Waals surface area contributed by atoms with Crippen LogP contribution in [0.15, 0.2) is 6.07 Å². The maximum Gasteiger partial charge on any atom is 0.325 e. The second-order valence-electron chi connectivity index (χ2n) is 7.65. The van der Waals surface area contributed by atoms with Crippen LogP contribution in [-0.4, -0.2) is 39.3 Å². The quantitative estimate of drug-likeness (QED) is 0.569. The number of hydrogen-bond acceptors (Lipinski definition) is 3. The van der Waals surface area contributed by atoms with Crippen molar-refractivity contribution in [2.45, 2.75) is 72.9 Å². The minimum Gasteiger partial charge on any atom is -0.348 e. The number of ketones is 1. The molecule has 144 valence electrons. The van der Waals surface area contributed by atoms with E-state index in [0.717, 1.165) is 29.3 Å². The Balaban J connectivity index is 2.19. The highest BCUT2D eigenvalue weighted by molar-refractivity contribution is 6.11. The van der Waals surface area contributed by atoms with Gasteiger partial charge in [-0.25, -0.2) is 4.79 Å². The number of nitrogens with zero attached hydrogens (tertiary/aromatic N) is 2. The molecule has 0 aromatic carbocycles. The molecule has 6 heteroatoms. The molecule has 2 rings (SSSR count). The van der Waals surface area contributed by atoms with Crippen molar-refractivity contribution in [2.75, 3.05) is 6.54 Å². The normalized spacial score (nSPS) is 16.5. The lowest BCUT2D eigenvalue weighted by Crippen LogP contribution is -2.46. The number of imide groups is 1. The van der Waals surface area contributed by atoms with E-state index in [1.165, 1.54) is 0 Å². The molecule has 0 atom stereocenters. The van der Waals surface area contributed by atoms with E-state index in [0.29, 0.717) is 24.3 Å². The molecule has 3 amide bonds. The number of nitrogens with one attached hydrogen (secondary N) is 1. The summed E-state index contributed by atoms with van der Waals surface area (Å²) in [7, 11) is 0. The number of rotatable bonds is 8. The van der Waals surface area contributed by atoms with Crippen molar-refractivity contribution in [1.82, 2.24) is 14.8 Å². The average molecular weight is 361 g/mol.